The normalized spacial score (nSPS) is 17.1. The molecule has 0 amide bonds. The molecule has 0 unspecified atom stereocenters. The molecule has 0 atom stereocenters. The van der Waals surface area contributed by atoms with Gasteiger partial charge in [0.25, 0.3) is 0 Å². The third kappa shape index (κ3) is 1.25. The van der Waals surface area contributed by atoms with Gasteiger partial charge in [0.2, 0.25) is 0 Å². The fourth-order valence-corrected chi connectivity index (χ4v) is 1.66. The minimum Gasteiger partial charge on any atom is -0.379 e. The quantitative estimate of drug-likeness (QED) is 0.622. The zero-order chi connectivity index (χ0) is 8.39. The van der Waals surface area contributed by atoms with Crippen molar-refractivity contribution in [1.82, 2.24) is 9.55 Å². The first-order valence-corrected chi connectivity index (χ1v) is 4.52. The Balaban J connectivity index is 2.32. The molecular weight excluding hydrogens is 152 g/mol. The van der Waals surface area contributed by atoms with Crippen molar-refractivity contribution < 1.29 is 4.74 Å². The summed E-state index contributed by atoms with van der Waals surface area (Å²) in [5.41, 5.74) is 2.61. The molecule has 0 spiro atoms. The number of imidazole rings is 1. The zero-order valence-electron chi connectivity index (χ0n) is 7.42. The molecule has 0 aromatic carbocycles. The summed E-state index contributed by atoms with van der Waals surface area (Å²) in [6, 6.07) is 0. The SMILES string of the molecule is CCc1ncn2c1CCOCC2. The molecular formula is C9H14N2O. The van der Waals surface area contributed by atoms with Crippen LogP contribution in [-0.4, -0.2) is 22.8 Å². The van der Waals surface area contributed by atoms with Crippen molar-refractivity contribution in [2.45, 2.75) is 26.3 Å². The van der Waals surface area contributed by atoms with Gasteiger partial charge in [-0.25, -0.2) is 4.98 Å². The Hall–Kier alpha value is -0.830. The molecule has 0 N–H and O–H groups in total. The van der Waals surface area contributed by atoms with E-state index in [1.807, 2.05) is 6.33 Å². The molecule has 2 heterocycles. The highest BCUT2D eigenvalue weighted by Crippen LogP contribution is 2.11. The highest BCUT2D eigenvalue weighted by atomic mass is 16.5. The Labute approximate surface area is 72.4 Å². The van der Waals surface area contributed by atoms with Gasteiger partial charge in [-0.1, -0.05) is 6.92 Å². The van der Waals surface area contributed by atoms with Crippen LogP contribution in [0, 0.1) is 0 Å². The fourth-order valence-electron chi connectivity index (χ4n) is 1.66. The van der Waals surface area contributed by atoms with E-state index in [0.717, 1.165) is 32.6 Å². The maximum atomic E-state index is 5.39. The van der Waals surface area contributed by atoms with Crippen LogP contribution >= 0.6 is 0 Å². The number of fused-ring (bicyclic) bond motifs is 1. The predicted octanol–water partition coefficient (Wildman–Crippen LogP) is 1.02. The Morgan fingerprint density at radius 1 is 1.58 bits per heavy atom. The summed E-state index contributed by atoms with van der Waals surface area (Å²) >= 11 is 0. The van der Waals surface area contributed by atoms with Crippen LogP contribution in [0.15, 0.2) is 6.33 Å². The molecule has 1 aliphatic rings. The number of ether oxygens (including phenoxy) is 1. The van der Waals surface area contributed by atoms with Gasteiger partial charge in [-0.05, 0) is 6.42 Å². The van der Waals surface area contributed by atoms with Gasteiger partial charge in [0.05, 0.1) is 25.2 Å². The Kier molecular flexibility index (Phi) is 2.13. The van der Waals surface area contributed by atoms with Gasteiger partial charge in [0, 0.05) is 18.7 Å². The Morgan fingerprint density at radius 2 is 2.50 bits per heavy atom. The number of rotatable bonds is 1. The van der Waals surface area contributed by atoms with Crippen molar-refractivity contribution in [3.05, 3.63) is 17.7 Å². The second-order valence-corrected chi connectivity index (χ2v) is 3.05. The summed E-state index contributed by atoms with van der Waals surface area (Å²) in [4.78, 5) is 4.37. The van der Waals surface area contributed by atoms with E-state index in [2.05, 4.69) is 16.5 Å². The van der Waals surface area contributed by atoms with E-state index in [-0.39, 0.29) is 0 Å². The lowest BCUT2D eigenvalue weighted by Crippen LogP contribution is -2.02. The molecule has 12 heavy (non-hydrogen) atoms. The number of aryl methyl sites for hydroxylation is 1. The lowest BCUT2D eigenvalue weighted by Gasteiger charge is -2.01. The van der Waals surface area contributed by atoms with Crippen molar-refractivity contribution in [2.75, 3.05) is 13.2 Å². The second kappa shape index (κ2) is 3.27. The van der Waals surface area contributed by atoms with Gasteiger partial charge in [-0.15, -0.1) is 0 Å². The van der Waals surface area contributed by atoms with Gasteiger partial charge in [-0.2, -0.15) is 0 Å². The van der Waals surface area contributed by atoms with Crippen molar-refractivity contribution in [2.24, 2.45) is 0 Å². The first-order chi connectivity index (χ1) is 5.92. The van der Waals surface area contributed by atoms with E-state index in [1.165, 1.54) is 11.4 Å². The largest absolute Gasteiger partial charge is 0.379 e. The highest BCUT2D eigenvalue weighted by molar-refractivity contribution is 5.13. The van der Waals surface area contributed by atoms with E-state index >= 15 is 0 Å². The molecule has 2 rings (SSSR count). The summed E-state index contributed by atoms with van der Waals surface area (Å²) in [5.74, 6) is 0. The standard InChI is InChI=1S/C9H14N2O/c1-2-8-9-3-5-12-6-4-11(9)7-10-8/h7H,2-6H2,1H3. The number of hydrogen-bond donors (Lipinski definition) is 0. The topological polar surface area (TPSA) is 27.1 Å². The summed E-state index contributed by atoms with van der Waals surface area (Å²) in [6.45, 7) is 4.78. The van der Waals surface area contributed by atoms with Gasteiger partial charge >= 0.3 is 0 Å². The number of aromatic nitrogens is 2. The summed E-state index contributed by atoms with van der Waals surface area (Å²) < 4.78 is 7.60. The number of nitrogens with zero attached hydrogens (tertiary/aromatic N) is 2. The number of hydrogen-bond acceptors (Lipinski definition) is 2. The predicted molar refractivity (Wildman–Crippen MR) is 46.1 cm³/mol. The van der Waals surface area contributed by atoms with E-state index in [4.69, 9.17) is 4.74 Å². The lowest BCUT2D eigenvalue weighted by atomic mass is 10.2. The van der Waals surface area contributed by atoms with Gasteiger partial charge in [-0.3, -0.25) is 0 Å². The summed E-state index contributed by atoms with van der Waals surface area (Å²) in [5, 5.41) is 0. The molecule has 0 saturated heterocycles. The maximum Gasteiger partial charge on any atom is 0.0952 e. The third-order valence-electron chi connectivity index (χ3n) is 2.33. The second-order valence-electron chi connectivity index (χ2n) is 3.05. The van der Waals surface area contributed by atoms with Gasteiger partial charge in [0.15, 0.2) is 0 Å². The Morgan fingerprint density at radius 3 is 3.33 bits per heavy atom. The van der Waals surface area contributed by atoms with Crippen LogP contribution < -0.4 is 0 Å². The maximum absolute atomic E-state index is 5.39. The molecule has 0 aliphatic carbocycles. The van der Waals surface area contributed by atoms with Crippen molar-refractivity contribution >= 4 is 0 Å². The van der Waals surface area contributed by atoms with Crippen LogP contribution in [-0.2, 0) is 24.1 Å². The minimum atomic E-state index is 0.826. The molecule has 1 aliphatic heterocycles. The van der Waals surface area contributed by atoms with E-state index in [9.17, 15) is 0 Å². The zero-order valence-corrected chi connectivity index (χ0v) is 7.42. The van der Waals surface area contributed by atoms with Gasteiger partial charge in [0.1, 0.15) is 0 Å². The summed E-state index contributed by atoms with van der Waals surface area (Å²) in [7, 11) is 0. The minimum absolute atomic E-state index is 0.826. The van der Waals surface area contributed by atoms with Crippen LogP contribution in [0.5, 0.6) is 0 Å². The first kappa shape index (κ1) is 7.80. The smallest absolute Gasteiger partial charge is 0.0952 e. The van der Waals surface area contributed by atoms with Crippen molar-refractivity contribution in [3.63, 3.8) is 0 Å². The van der Waals surface area contributed by atoms with Gasteiger partial charge < -0.3 is 9.30 Å². The molecule has 0 saturated carbocycles. The van der Waals surface area contributed by atoms with Crippen molar-refractivity contribution in [1.29, 1.82) is 0 Å². The third-order valence-corrected chi connectivity index (χ3v) is 2.33. The van der Waals surface area contributed by atoms with E-state index in [0.29, 0.717) is 0 Å². The first-order valence-electron chi connectivity index (χ1n) is 4.52. The molecule has 0 bridgehead atoms. The van der Waals surface area contributed by atoms with Crippen LogP contribution in [0.3, 0.4) is 0 Å². The molecule has 0 radical (unpaired) electrons. The molecule has 3 nitrogen and oxygen atoms in total. The molecule has 1 aromatic heterocycles. The average molecular weight is 166 g/mol. The fraction of sp³-hybridized carbons (Fsp3) is 0.667. The van der Waals surface area contributed by atoms with Crippen molar-refractivity contribution in [3.8, 4) is 0 Å². The molecule has 0 fully saturated rings. The van der Waals surface area contributed by atoms with Crippen LogP contribution in [0.4, 0.5) is 0 Å². The summed E-state index contributed by atoms with van der Waals surface area (Å²) in [6.07, 6.45) is 3.98. The van der Waals surface area contributed by atoms with E-state index < -0.39 is 0 Å². The molecule has 3 heteroatoms. The van der Waals surface area contributed by atoms with Crippen LogP contribution in [0.2, 0.25) is 0 Å². The van der Waals surface area contributed by atoms with E-state index in [1.54, 1.807) is 0 Å². The average Bonchev–Trinajstić information content (AvgIpc) is 2.33. The molecule has 66 valence electrons. The molecule has 1 aromatic rings. The van der Waals surface area contributed by atoms with Crippen LogP contribution in [0.1, 0.15) is 18.3 Å². The monoisotopic (exact) mass is 166 g/mol. The van der Waals surface area contributed by atoms with Crippen LogP contribution in [0.25, 0.3) is 0 Å². The Bertz CT molecular complexity index is 267. The highest BCUT2D eigenvalue weighted by Gasteiger charge is 2.11. The lowest BCUT2D eigenvalue weighted by molar-refractivity contribution is 0.140.